The first-order valence-electron chi connectivity index (χ1n) is 6.37. The second-order valence-electron chi connectivity index (χ2n) is 4.83. The van der Waals surface area contributed by atoms with Gasteiger partial charge in [0, 0.05) is 26.2 Å². The number of hydrogen-bond acceptors (Lipinski definition) is 3. The minimum absolute atomic E-state index is 0.0451. The van der Waals surface area contributed by atoms with Crippen molar-refractivity contribution in [3.05, 3.63) is 28.5 Å². The number of nitrogens with one attached hydrogen (secondary N) is 1. The quantitative estimate of drug-likeness (QED) is 0.876. The Morgan fingerprint density at radius 2 is 2.00 bits per heavy atom. The van der Waals surface area contributed by atoms with Gasteiger partial charge in [-0.05, 0) is 17.7 Å². The minimum atomic E-state index is -3.68. The summed E-state index contributed by atoms with van der Waals surface area (Å²) in [6.45, 7) is 6.22. The zero-order valence-corrected chi connectivity index (χ0v) is 13.6. The third kappa shape index (κ3) is 3.91. The van der Waals surface area contributed by atoms with E-state index in [4.69, 9.17) is 11.6 Å². The van der Waals surface area contributed by atoms with Crippen LogP contribution in [0.4, 0.5) is 4.39 Å². The Bertz CT molecular complexity index is 576. The molecule has 1 aromatic carbocycles. The Hall–Kier alpha value is -0.690. The van der Waals surface area contributed by atoms with E-state index in [1.165, 1.54) is 13.1 Å². The number of nitrogens with zero attached hydrogens (tertiary/aromatic N) is 1. The van der Waals surface area contributed by atoms with Gasteiger partial charge in [0.25, 0.3) is 0 Å². The molecule has 4 nitrogen and oxygen atoms in total. The van der Waals surface area contributed by atoms with E-state index in [-0.39, 0.29) is 16.0 Å². The highest BCUT2D eigenvalue weighted by Gasteiger charge is 2.22. The second-order valence-corrected chi connectivity index (χ2v) is 7.26. The maximum atomic E-state index is 13.8. The second kappa shape index (κ2) is 6.85. The third-order valence-electron chi connectivity index (χ3n) is 2.93. The van der Waals surface area contributed by atoms with Gasteiger partial charge in [0.2, 0.25) is 10.0 Å². The average molecular weight is 323 g/mol. The predicted octanol–water partition coefficient (Wildman–Crippen LogP) is 2.62. The summed E-state index contributed by atoms with van der Waals surface area (Å²) in [5, 5.41) is 3.05. The van der Waals surface area contributed by atoms with E-state index < -0.39 is 15.8 Å². The summed E-state index contributed by atoms with van der Waals surface area (Å²) >= 11 is 5.89. The highest BCUT2D eigenvalue weighted by Crippen LogP contribution is 2.26. The molecule has 20 heavy (non-hydrogen) atoms. The molecule has 0 aliphatic rings. The molecule has 1 rings (SSSR count). The Morgan fingerprint density at radius 3 is 2.50 bits per heavy atom. The molecule has 0 atom stereocenters. The van der Waals surface area contributed by atoms with Gasteiger partial charge < -0.3 is 5.32 Å². The molecular weight excluding hydrogens is 303 g/mol. The smallest absolute Gasteiger partial charge is 0.242 e. The number of benzene rings is 1. The molecular formula is C13H20ClFN2O2S. The van der Waals surface area contributed by atoms with Crippen LogP contribution in [0.25, 0.3) is 0 Å². The molecule has 0 aromatic heterocycles. The number of hydrogen-bond donors (Lipinski definition) is 1. The van der Waals surface area contributed by atoms with Crippen molar-refractivity contribution in [2.75, 3.05) is 13.6 Å². The summed E-state index contributed by atoms with van der Waals surface area (Å²) in [6, 6.07) is 2.57. The van der Waals surface area contributed by atoms with Gasteiger partial charge in [-0.1, -0.05) is 32.4 Å². The van der Waals surface area contributed by atoms with Crippen molar-refractivity contribution in [3.8, 4) is 0 Å². The lowest BCUT2D eigenvalue weighted by Crippen LogP contribution is -2.27. The summed E-state index contributed by atoms with van der Waals surface area (Å²) in [5.74, 6) is -0.724. The van der Waals surface area contributed by atoms with Crippen LogP contribution in [0.5, 0.6) is 0 Å². The van der Waals surface area contributed by atoms with Gasteiger partial charge in [-0.2, -0.15) is 0 Å². The molecule has 0 amide bonds. The number of rotatable bonds is 6. The van der Waals surface area contributed by atoms with Gasteiger partial charge in [-0.25, -0.2) is 17.1 Å². The van der Waals surface area contributed by atoms with E-state index in [0.717, 1.165) is 10.4 Å². The fraction of sp³-hybridized carbons (Fsp3) is 0.538. The van der Waals surface area contributed by atoms with Crippen molar-refractivity contribution < 1.29 is 12.8 Å². The lowest BCUT2D eigenvalue weighted by atomic mass is 10.2. The molecule has 1 N–H and O–H groups in total. The van der Waals surface area contributed by atoms with Crippen LogP contribution in [0.2, 0.25) is 5.02 Å². The van der Waals surface area contributed by atoms with E-state index >= 15 is 0 Å². The maximum Gasteiger partial charge on any atom is 0.242 e. The molecule has 0 bridgehead atoms. The van der Waals surface area contributed by atoms with Gasteiger partial charge in [0.1, 0.15) is 5.82 Å². The SMILES string of the molecule is CCN(C)S(=O)(=O)c1cc(F)c(Cl)c(CNC(C)C)c1. The molecule has 1 aromatic rings. The third-order valence-corrected chi connectivity index (χ3v) is 5.26. The van der Waals surface area contributed by atoms with Crippen molar-refractivity contribution in [2.45, 2.75) is 38.3 Å². The summed E-state index contributed by atoms with van der Waals surface area (Å²) < 4.78 is 39.4. The van der Waals surface area contributed by atoms with Crippen LogP contribution in [0.3, 0.4) is 0 Å². The molecule has 114 valence electrons. The summed E-state index contributed by atoms with van der Waals surface area (Å²) in [5.41, 5.74) is 0.434. The molecule has 0 heterocycles. The Balaban J connectivity index is 3.24. The first-order chi connectivity index (χ1) is 9.20. The monoisotopic (exact) mass is 322 g/mol. The molecule has 0 spiro atoms. The van der Waals surface area contributed by atoms with E-state index in [0.29, 0.717) is 18.7 Å². The van der Waals surface area contributed by atoms with Crippen LogP contribution in [-0.4, -0.2) is 32.4 Å². The summed E-state index contributed by atoms with van der Waals surface area (Å²) in [6.07, 6.45) is 0. The van der Waals surface area contributed by atoms with Crippen LogP contribution >= 0.6 is 11.6 Å². The van der Waals surface area contributed by atoms with Gasteiger partial charge in [-0.15, -0.1) is 0 Å². The Morgan fingerprint density at radius 1 is 1.40 bits per heavy atom. The van der Waals surface area contributed by atoms with Gasteiger partial charge in [-0.3, -0.25) is 0 Å². The lowest BCUT2D eigenvalue weighted by Gasteiger charge is -2.17. The first-order valence-corrected chi connectivity index (χ1v) is 8.19. The average Bonchev–Trinajstić information content (AvgIpc) is 2.38. The number of halogens is 2. The Kier molecular flexibility index (Phi) is 5.94. The molecule has 0 aliphatic heterocycles. The van der Waals surface area contributed by atoms with Gasteiger partial charge >= 0.3 is 0 Å². The predicted molar refractivity (Wildman–Crippen MR) is 78.9 cm³/mol. The summed E-state index contributed by atoms with van der Waals surface area (Å²) in [4.78, 5) is -0.0793. The van der Waals surface area contributed by atoms with E-state index in [9.17, 15) is 12.8 Å². The molecule has 0 saturated heterocycles. The van der Waals surface area contributed by atoms with Crippen LogP contribution in [-0.2, 0) is 16.6 Å². The van der Waals surface area contributed by atoms with E-state index in [1.807, 2.05) is 13.8 Å². The van der Waals surface area contributed by atoms with Gasteiger partial charge in [0.05, 0.1) is 9.92 Å². The van der Waals surface area contributed by atoms with Crippen molar-refractivity contribution in [2.24, 2.45) is 0 Å². The van der Waals surface area contributed by atoms with Crippen LogP contribution in [0, 0.1) is 5.82 Å². The number of sulfonamides is 1. The highest BCUT2D eigenvalue weighted by atomic mass is 35.5. The van der Waals surface area contributed by atoms with Crippen LogP contribution < -0.4 is 5.32 Å². The standard InChI is InChI=1S/C13H20ClFN2O2S/c1-5-17(4)20(18,19)11-6-10(8-16-9(2)3)13(14)12(15)7-11/h6-7,9,16H,5,8H2,1-4H3. The fourth-order valence-corrected chi connectivity index (χ4v) is 2.98. The fourth-order valence-electron chi connectivity index (χ4n) is 1.56. The molecule has 0 radical (unpaired) electrons. The largest absolute Gasteiger partial charge is 0.310 e. The molecule has 0 fully saturated rings. The Labute approximate surface area is 125 Å². The van der Waals surface area contributed by atoms with Gasteiger partial charge in [0.15, 0.2) is 0 Å². The van der Waals surface area contributed by atoms with E-state index in [2.05, 4.69) is 5.32 Å². The molecule has 0 aliphatic carbocycles. The van der Waals surface area contributed by atoms with Crippen molar-refractivity contribution in [3.63, 3.8) is 0 Å². The zero-order chi connectivity index (χ0) is 15.5. The molecule has 0 unspecified atom stereocenters. The highest BCUT2D eigenvalue weighted by molar-refractivity contribution is 7.89. The maximum absolute atomic E-state index is 13.8. The van der Waals surface area contributed by atoms with Crippen LogP contribution in [0.15, 0.2) is 17.0 Å². The van der Waals surface area contributed by atoms with Crippen LogP contribution in [0.1, 0.15) is 26.3 Å². The molecule has 0 saturated carbocycles. The summed E-state index contributed by atoms with van der Waals surface area (Å²) in [7, 11) is -2.23. The van der Waals surface area contributed by atoms with Crippen molar-refractivity contribution in [1.82, 2.24) is 9.62 Å². The minimum Gasteiger partial charge on any atom is -0.310 e. The lowest BCUT2D eigenvalue weighted by molar-refractivity contribution is 0.485. The van der Waals surface area contributed by atoms with Crippen molar-refractivity contribution >= 4 is 21.6 Å². The topological polar surface area (TPSA) is 49.4 Å². The van der Waals surface area contributed by atoms with Crippen molar-refractivity contribution in [1.29, 1.82) is 0 Å². The van der Waals surface area contributed by atoms with E-state index in [1.54, 1.807) is 6.92 Å². The normalized spacial score (nSPS) is 12.4. The first kappa shape index (κ1) is 17.4. The zero-order valence-electron chi connectivity index (χ0n) is 12.1. The molecule has 7 heteroatoms.